The second kappa shape index (κ2) is 14.3. The van der Waals surface area contributed by atoms with Crippen LogP contribution in [-0.4, -0.2) is 74.6 Å². The predicted octanol–water partition coefficient (Wildman–Crippen LogP) is 1.50. The van der Waals surface area contributed by atoms with Crippen LogP contribution in [0.3, 0.4) is 0 Å². The number of phenolic OH excluding ortho intramolecular Hbond substituents is 2. The lowest BCUT2D eigenvalue weighted by Crippen LogP contribution is -2.57. The number of carboxylic acid groups (broad SMARTS) is 1. The van der Waals surface area contributed by atoms with Gasteiger partial charge in [-0.2, -0.15) is 0 Å². The fourth-order valence-electron chi connectivity index (χ4n) is 5.16. The zero-order chi connectivity index (χ0) is 30.9. The van der Waals surface area contributed by atoms with E-state index in [4.69, 9.17) is 5.73 Å². The molecule has 7 N–H and O–H groups in total. The Balaban J connectivity index is 1.48. The topological polar surface area (TPSA) is 182 Å². The Morgan fingerprint density at radius 3 is 1.86 bits per heavy atom. The molecule has 0 radical (unpaired) electrons. The third kappa shape index (κ3) is 8.55. The molecule has 0 aliphatic carbocycles. The highest BCUT2D eigenvalue weighted by molar-refractivity contribution is 5.94. The van der Waals surface area contributed by atoms with Crippen LogP contribution in [-0.2, 0) is 38.4 Å². The SMILES string of the molecule is NC(Cc1ccccc1)C(=O)N1CCCC1C(=O)NC(Cc1ccc(O)cc1)C(=O)NC(Cc1ccc(O)cc1)C(=O)O. The standard InChI is InChI=1S/C32H36N4O7/c33-25(17-20-5-2-1-3-6-20)31(41)36-16-4-7-28(36)30(40)34-26(18-21-8-12-23(37)13-9-21)29(39)35-27(32(42)43)19-22-10-14-24(38)15-11-22/h1-3,5-6,8-15,25-28,37-38H,4,7,16-19,33H2,(H,34,40)(H,35,39)(H,42,43). The summed E-state index contributed by atoms with van der Waals surface area (Å²) in [6.45, 7) is 0.349. The van der Waals surface area contributed by atoms with Gasteiger partial charge in [0.05, 0.1) is 6.04 Å². The molecule has 1 saturated heterocycles. The number of nitrogens with two attached hydrogens (primary N) is 1. The van der Waals surface area contributed by atoms with Crippen LogP contribution in [0.25, 0.3) is 0 Å². The summed E-state index contributed by atoms with van der Waals surface area (Å²) in [6, 6.07) is 17.2. The van der Waals surface area contributed by atoms with E-state index in [2.05, 4.69) is 10.6 Å². The van der Waals surface area contributed by atoms with Gasteiger partial charge in [-0.25, -0.2) is 4.79 Å². The van der Waals surface area contributed by atoms with E-state index in [0.717, 1.165) is 5.56 Å². The number of aromatic hydroxyl groups is 2. The molecular formula is C32H36N4O7. The van der Waals surface area contributed by atoms with Crippen molar-refractivity contribution >= 4 is 23.7 Å². The Hall–Kier alpha value is -4.90. The van der Waals surface area contributed by atoms with Crippen LogP contribution < -0.4 is 16.4 Å². The molecule has 3 aromatic rings. The molecule has 0 spiro atoms. The molecule has 0 bridgehead atoms. The molecule has 1 aliphatic rings. The lowest BCUT2D eigenvalue weighted by molar-refractivity contribution is -0.143. The first-order valence-electron chi connectivity index (χ1n) is 14.1. The Kier molecular flexibility index (Phi) is 10.3. The van der Waals surface area contributed by atoms with Crippen LogP contribution in [0, 0.1) is 0 Å². The van der Waals surface area contributed by atoms with Gasteiger partial charge in [-0.1, -0.05) is 54.6 Å². The molecule has 1 aliphatic heterocycles. The van der Waals surface area contributed by atoms with Crippen molar-refractivity contribution in [3.05, 3.63) is 95.6 Å². The van der Waals surface area contributed by atoms with Crippen molar-refractivity contribution in [3.8, 4) is 11.5 Å². The van der Waals surface area contributed by atoms with E-state index in [1.165, 1.54) is 29.2 Å². The minimum absolute atomic E-state index is 0.0115. The lowest BCUT2D eigenvalue weighted by atomic mass is 10.0. The summed E-state index contributed by atoms with van der Waals surface area (Å²) in [5.74, 6) is -2.83. The van der Waals surface area contributed by atoms with E-state index in [0.29, 0.717) is 36.9 Å². The first-order valence-corrected chi connectivity index (χ1v) is 14.1. The quantitative estimate of drug-likeness (QED) is 0.184. The smallest absolute Gasteiger partial charge is 0.326 e. The van der Waals surface area contributed by atoms with Gasteiger partial charge in [-0.05, 0) is 60.2 Å². The molecule has 4 rings (SSSR count). The van der Waals surface area contributed by atoms with E-state index in [1.807, 2.05) is 30.3 Å². The van der Waals surface area contributed by atoms with Crippen molar-refractivity contribution in [1.29, 1.82) is 0 Å². The zero-order valence-electron chi connectivity index (χ0n) is 23.6. The van der Waals surface area contributed by atoms with Crippen molar-refractivity contribution < 1.29 is 34.5 Å². The van der Waals surface area contributed by atoms with Gasteiger partial charge in [0, 0.05) is 19.4 Å². The van der Waals surface area contributed by atoms with Crippen molar-refractivity contribution in [2.24, 2.45) is 5.73 Å². The first-order chi connectivity index (χ1) is 20.6. The number of hydrogen-bond donors (Lipinski definition) is 6. The number of benzene rings is 3. The number of phenols is 2. The van der Waals surface area contributed by atoms with E-state index in [-0.39, 0.29) is 30.2 Å². The molecule has 4 unspecified atom stereocenters. The molecule has 4 atom stereocenters. The van der Waals surface area contributed by atoms with Gasteiger partial charge >= 0.3 is 5.97 Å². The third-order valence-corrected chi connectivity index (χ3v) is 7.45. The Morgan fingerprint density at radius 1 is 0.767 bits per heavy atom. The lowest BCUT2D eigenvalue weighted by Gasteiger charge is -2.29. The van der Waals surface area contributed by atoms with Crippen LogP contribution in [0.5, 0.6) is 11.5 Å². The average Bonchev–Trinajstić information content (AvgIpc) is 3.49. The Bertz CT molecular complexity index is 1410. The van der Waals surface area contributed by atoms with Gasteiger partial charge in [0.2, 0.25) is 17.7 Å². The van der Waals surface area contributed by atoms with Crippen molar-refractivity contribution in [2.45, 2.75) is 56.3 Å². The third-order valence-electron chi connectivity index (χ3n) is 7.45. The monoisotopic (exact) mass is 588 g/mol. The summed E-state index contributed by atoms with van der Waals surface area (Å²) in [6.07, 6.45) is 1.25. The molecule has 1 heterocycles. The maximum atomic E-state index is 13.5. The Morgan fingerprint density at radius 2 is 1.30 bits per heavy atom. The highest BCUT2D eigenvalue weighted by Crippen LogP contribution is 2.20. The van der Waals surface area contributed by atoms with Gasteiger partial charge in [-0.3, -0.25) is 14.4 Å². The summed E-state index contributed by atoms with van der Waals surface area (Å²) in [5.41, 5.74) is 8.33. The molecular weight excluding hydrogens is 552 g/mol. The summed E-state index contributed by atoms with van der Waals surface area (Å²) in [5, 5.41) is 34.3. The summed E-state index contributed by atoms with van der Waals surface area (Å²) in [4.78, 5) is 53.7. The van der Waals surface area contributed by atoms with E-state index in [1.54, 1.807) is 24.3 Å². The molecule has 0 aromatic heterocycles. The fourth-order valence-corrected chi connectivity index (χ4v) is 5.16. The van der Waals surface area contributed by atoms with Crippen LogP contribution in [0.4, 0.5) is 0 Å². The average molecular weight is 589 g/mol. The minimum Gasteiger partial charge on any atom is -0.508 e. The second-order valence-corrected chi connectivity index (χ2v) is 10.7. The van der Waals surface area contributed by atoms with Crippen molar-refractivity contribution in [2.75, 3.05) is 6.54 Å². The predicted molar refractivity (Wildman–Crippen MR) is 158 cm³/mol. The Labute approximate surface area is 249 Å². The number of rotatable bonds is 12. The van der Waals surface area contributed by atoms with Gasteiger partial charge in [0.25, 0.3) is 0 Å². The molecule has 0 saturated carbocycles. The summed E-state index contributed by atoms with van der Waals surface area (Å²) >= 11 is 0. The molecule has 11 nitrogen and oxygen atoms in total. The minimum atomic E-state index is -1.31. The van der Waals surface area contributed by atoms with Crippen molar-refractivity contribution in [1.82, 2.24) is 15.5 Å². The summed E-state index contributed by atoms with van der Waals surface area (Å²) in [7, 11) is 0. The highest BCUT2D eigenvalue weighted by atomic mass is 16.4. The molecule has 43 heavy (non-hydrogen) atoms. The number of aliphatic carboxylic acids is 1. The van der Waals surface area contributed by atoms with Gasteiger partial charge in [-0.15, -0.1) is 0 Å². The normalized spacial score (nSPS) is 16.6. The second-order valence-electron chi connectivity index (χ2n) is 10.7. The number of carbonyl (C=O) groups excluding carboxylic acids is 3. The van der Waals surface area contributed by atoms with E-state index < -0.39 is 42.0 Å². The number of nitrogens with zero attached hydrogens (tertiary/aromatic N) is 1. The molecule has 1 fully saturated rings. The molecule has 11 heteroatoms. The van der Waals surface area contributed by atoms with Crippen LogP contribution in [0.15, 0.2) is 78.9 Å². The highest BCUT2D eigenvalue weighted by Gasteiger charge is 2.38. The number of carbonyl (C=O) groups is 4. The number of likely N-dealkylation sites (tertiary alicyclic amines) is 1. The molecule has 3 aromatic carbocycles. The fraction of sp³-hybridized carbons (Fsp3) is 0.312. The van der Waals surface area contributed by atoms with Crippen LogP contribution in [0.1, 0.15) is 29.5 Å². The van der Waals surface area contributed by atoms with Crippen LogP contribution in [0.2, 0.25) is 0 Å². The summed E-state index contributed by atoms with van der Waals surface area (Å²) < 4.78 is 0. The first kappa shape index (κ1) is 31.0. The molecule has 226 valence electrons. The molecule has 3 amide bonds. The number of amides is 3. The van der Waals surface area contributed by atoms with Crippen LogP contribution >= 0.6 is 0 Å². The van der Waals surface area contributed by atoms with Gasteiger partial charge < -0.3 is 36.6 Å². The zero-order valence-corrected chi connectivity index (χ0v) is 23.6. The largest absolute Gasteiger partial charge is 0.508 e. The maximum absolute atomic E-state index is 13.5. The number of nitrogens with one attached hydrogen (secondary N) is 2. The van der Waals surface area contributed by atoms with Gasteiger partial charge in [0.1, 0.15) is 29.6 Å². The van der Waals surface area contributed by atoms with Crippen molar-refractivity contribution in [3.63, 3.8) is 0 Å². The van der Waals surface area contributed by atoms with E-state index in [9.17, 15) is 34.5 Å². The van der Waals surface area contributed by atoms with Gasteiger partial charge in [0.15, 0.2) is 0 Å². The maximum Gasteiger partial charge on any atom is 0.326 e. The van der Waals surface area contributed by atoms with E-state index >= 15 is 0 Å². The number of hydrogen-bond acceptors (Lipinski definition) is 7. The number of carboxylic acids is 1.